The van der Waals surface area contributed by atoms with E-state index < -0.39 is 0 Å². The second-order valence-electron chi connectivity index (χ2n) is 9.20. The molecule has 5 rings (SSSR count). The van der Waals surface area contributed by atoms with Gasteiger partial charge < -0.3 is 19.4 Å². The normalized spacial score (nSPS) is 21.6. The molecule has 1 saturated carbocycles. The van der Waals surface area contributed by atoms with Gasteiger partial charge in [0.05, 0.1) is 35.8 Å². The number of halogens is 1. The number of H-pyrrole nitrogens is 1. The van der Waals surface area contributed by atoms with Gasteiger partial charge in [-0.2, -0.15) is 0 Å². The number of pyridine rings is 1. The molecule has 0 atom stereocenters. The third kappa shape index (κ3) is 5.06. The van der Waals surface area contributed by atoms with Crippen LogP contribution in [0.4, 0.5) is 10.2 Å². The van der Waals surface area contributed by atoms with E-state index in [0.717, 1.165) is 68.5 Å². The van der Waals surface area contributed by atoms with Gasteiger partial charge in [0.15, 0.2) is 0 Å². The number of esters is 1. The van der Waals surface area contributed by atoms with E-state index in [1.54, 1.807) is 6.07 Å². The number of aromatic nitrogens is 3. The van der Waals surface area contributed by atoms with Gasteiger partial charge in [-0.3, -0.25) is 4.79 Å². The molecule has 1 aliphatic carbocycles. The van der Waals surface area contributed by atoms with Gasteiger partial charge in [0, 0.05) is 30.9 Å². The molecule has 0 unspecified atom stereocenters. The molecule has 180 valence electrons. The van der Waals surface area contributed by atoms with Gasteiger partial charge in [0.2, 0.25) is 0 Å². The SMILES string of the molecule is CCOC(=O)[C@H]1CC[C@H](OC2CCN(c3ccc(-c4nc5cc(F)ccc5[nH]4)cn3)CC2)CC1. The lowest BCUT2D eigenvalue weighted by molar-refractivity contribution is -0.150. The first-order valence-electron chi connectivity index (χ1n) is 12.3. The van der Waals surface area contributed by atoms with E-state index in [2.05, 4.69) is 19.9 Å². The van der Waals surface area contributed by atoms with Crippen molar-refractivity contribution in [1.29, 1.82) is 0 Å². The second-order valence-corrected chi connectivity index (χ2v) is 9.20. The molecule has 34 heavy (non-hydrogen) atoms. The first-order valence-corrected chi connectivity index (χ1v) is 12.3. The summed E-state index contributed by atoms with van der Waals surface area (Å²) >= 11 is 0. The lowest BCUT2D eigenvalue weighted by Gasteiger charge is -2.36. The number of hydrogen-bond donors (Lipinski definition) is 1. The Balaban J connectivity index is 1.11. The molecule has 0 amide bonds. The summed E-state index contributed by atoms with van der Waals surface area (Å²) in [6, 6.07) is 8.56. The molecule has 0 spiro atoms. The molecular weight excluding hydrogens is 435 g/mol. The van der Waals surface area contributed by atoms with Crippen molar-refractivity contribution in [3.63, 3.8) is 0 Å². The summed E-state index contributed by atoms with van der Waals surface area (Å²) in [5.41, 5.74) is 2.28. The van der Waals surface area contributed by atoms with E-state index in [4.69, 9.17) is 9.47 Å². The molecule has 3 aromatic rings. The molecular formula is C26H31FN4O3. The van der Waals surface area contributed by atoms with Gasteiger partial charge in [-0.1, -0.05) is 0 Å². The van der Waals surface area contributed by atoms with Crippen molar-refractivity contribution in [3.8, 4) is 11.4 Å². The van der Waals surface area contributed by atoms with E-state index in [0.29, 0.717) is 17.9 Å². The third-order valence-electron chi connectivity index (χ3n) is 6.91. The van der Waals surface area contributed by atoms with Crippen LogP contribution in [-0.4, -0.2) is 52.8 Å². The van der Waals surface area contributed by atoms with E-state index in [-0.39, 0.29) is 29.9 Å². The second kappa shape index (κ2) is 10.1. The number of nitrogens with one attached hydrogen (secondary N) is 1. The Labute approximate surface area is 198 Å². The van der Waals surface area contributed by atoms with E-state index in [9.17, 15) is 9.18 Å². The average molecular weight is 467 g/mol. The molecule has 2 aliphatic rings. The Morgan fingerprint density at radius 3 is 2.56 bits per heavy atom. The summed E-state index contributed by atoms with van der Waals surface area (Å²) in [5.74, 6) is 1.32. The van der Waals surface area contributed by atoms with Crippen LogP contribution in [0.1, 0.15) is 45.4 Å². The highest BCUT2D eigenvalue weighted by Gasteiger charge is 2.30. The van der Waals surface area contributed by atoms with Crippen molar-refractivity contribution in [2.24, 2.45) is 5.92 Å². The lowest BCUT2D eigenvalue weighted by atomic mass is 9.87. The monoisotopic (exact) mass is 466 g/mol. The van der Waals surface area contributed by atoms with Crippen LogP contribution in [0.2, 0.25) is 0 Å². The predicted molar refractivity (Wildman–Crippen MR) is 128 cm³/mol. The standard InChI is InChI=1S/C26H31FN4O3/c1-2-33-26(32)17-3-7-20(8-4-17)34-21-11-13-31(14-12-21)24-10-5-18(16-28-24)25-29-22-9-6-19(27)15-23(22)30-25/h5-6,9-10,15-17,20-21H,2-4,7-8,11-14H2,1H3,(H,29,30)/t17-,20-. The summed E-state index contributed by atoms with van der Waals surface area (Å²) in [5, 5.41) is 0. The smallest absolute Gasteiger partial charge is 0.308 e. The van der Waals surface area contributed by atoms with Crippen molar-refractivity contribution in [1.82, 2.24) is 15.0 Å². The Kier molecular flexibility index (Phi) is 6.76. The maximum Gasteiger partial charge on any atom is 0.308 e. The maximum atomic E-state index is 13.4. The van der Waals surface area contributed by atoms with Gasteiger partial charge in [0.1, 0.15) is 17.5 Å². The van der Waals surface area contributed by atoms with Crippen LogP contribution in [0.3, 0.4) is 0 Å². The molecule has 2 aromatic heterocycles. The zero-order chi connectivity index (χ0) is 23.5. The lowest BCUT2D eigenvalue weighted by Crippen LogP contribution is -2.39. The summed E-state index contributed by atoms with van der Waals surface area (Å²) in [7, 11) is 0. The number of rotatable bonds is 6. The van der Waals surface area contributed by atoms with Crippen LogP contribution in [-0.2, 0) is 14.3 Å². The number of fused-ring (bicyclic) bond motifs is 1. The van der Waals surface area contributed by atoms with Crippen molar-refractivity contribution in [2.45, 2.75) is 57.7 Å². The van der Waals surface area contributed by atoms with Crippen LogP contribution in [0, 0.1) is 11.7 Å². The fraction of sp³-hybridized carbons (Fsp3) is 0.500. The summed E-state index contributed by atoms with van der Waals surface area (Å²) in [4.78, 5) is 26.6. The molecule has 1 aromatic carbocycles. The van der Waals surface area contributed by atoms with Crippen LogP contribution in [0.15, 0.2) is 36.5 Å². The fourth-order valence-corrected chi connectivity index (χ4v) is 5.02. The Morgan fingerprint density at radius 1 is 1.09 bits per heavy atom. The summed E-state index contributed by atoms with van der Waals surface area (Å²) in [6.45, 7) is 4.11. The molecule has 1 aliphatic heterocycles. The first kappa shape index (κ1) is 22.8. The number of piperidine rings is 1. The largest absolute Gasteiger partial charge is 0.466 e. The minimum atomic E-state index is -0.296. The van der Waals surface area contributed by atoms with Crippen molar-refractivity contribution in [2.75, 3.05) is 24.6 Å². The molecule has 0 bridgehead atoms. The number of imidazole rings is 1. The van der Waals surface area contributed by atoms with Gasteiger partial charge in [-0.05, 0) is 69.7 Å². The van der Waals surface area contributed by atoms with Crippen LogP contribution < -0.4 is 4.90 Å². The number of carbonyl (C=O) groups is 1. The maximum absolute atomic E-state index is 13.4. The quantitative estimate of drug-likeness (QED) is 0.522. The number of benzene rings is 1. The van der Waals surface area contributed by atoms with Gasteiger partial charge in [-0.25, -0.2) is 14.4 Å². The summed E-state index contributed by atoms with van der Waals surface area (Å²) < 4.78 is 25.0. The third-order valence-corrected chi connectivity index (χ3v) is 6.91. The first-order chi connectivity index (χ1) is 16.6. The van der Waals surface area contributed by atoms with Crippen LogP contribution in [0.25, 0.3) is 22.4 Å². The molecule has 1 saturated heterocycles. The topological polar surface area (TPSA) is 80.3 Å². The molecule has 8 heteroatoms. The number of carbonyl (C=O) groups excluding carboxylic acids is 1. The Bertz CT molecular complexity index is 1120. The average Bonchev–Trinajstić information content (AvgIpc) is 3.28. The molecule has 0 radical (unpaired) electrons. The number of hydrogen-bond acceptors (Lipinski definition) is 6. The molecule has 1 N–H and O–H groups in total. The van der Waals surface area contributed by atoms with E-state index in [1.165, 1.54) is 12.1 Å². The minimum Gasteiger partial charge on any atom is -0.466 e. The predicted octanol–water partition coefficient (Wildman–Crippen LogP) is 4.87. The van der Waals surface area contributed by atoms with E-state index in [1.807, 2.05) is 25.3 Å². The highest BCUT2D eigenvalue weighted by atomic mass is 19.1. The number of anilines is 1. The highest BCUT2D eigenvalue weighted by Crippen LogP contribution is 2.30. The van der Waals surface area contributed by atoms with Gasteiger partial charge in [-0.15, -0.1) is 0 Å². The van der Waals surface area contributed by atoms with Gasteiger partial charge in [0.25, 0.3) is 0 Å². The van der Waals surface area contributed by atoms with Gasteiger partial charge >= 0.3 is 5.97 Å². The zero-order valence-corrected chi connectivity index (χ0v) is 19.5. The number of nitrogens with zero attached hydrogens (tertiary/aromatic N) is 3. The van der Waals surface area contributed by atoms with Crippen molar-refractivity contribution >= 4 is 22.8 Å². The number of ether oxygens (including phenoxy) is 2. The Morgan fingerprint density at radius 2 is 1.85 bits per heavy atom. The highest BCUT2D eigenvalue weighted by molar-refractivity contribution is 5.79. The van der Waals surface area contributed by atoms with E-state index >= 15 is 0 Å². The van der Waals surface area contributed by atoms with Crippen molar-refractivity contribution < 1.29 is 18.7 Å². The fourth-order valence-electron chi connectivity index (χ4n) is 5.02. The number of aromatic amines is 1. The van der Waals surface area contributed by atoms with Crippen molar-refractivity contribution in [3.05, 3.63) is 42.3 Å². The zero-order valence-electron chi connectivity index (χ0n) is 19.5. The molecule has 2 fully saturated rings. The summed E-state index contributed by atoms with van der Waals surface area (Å²) in [6.07, 6.45) is 7.84. The molecule has 7 nitrogen and oxygen atoms in total. The van der Waals surface area contributed by atoms with Crippen LogP contribution in [0.5, 0.6) is 0 Å². The molecule has 3 heterocycles. The van der Waals surface area contributed by atoms with Crippen LogP contribution >= 0.6 is 0 Å². The minimum absolute atomic E-state index is 0.0384. The Hall–Kier alpha value is -3.00.